The molecule has 1 rings (SSSR count). The van der Waals surface area contributed by atoms with Crippen LogP contribution in [-0.4, -0.2) is 35.8 Å². The van der Waals surface area contributed by atoms with Gasteiger partial charge in [-0.3, -0.25) is 4.79 Å². The summed E-state index contributed by atoms with van der Waals surface area (Å²) in [5, 5.41) is 0. The lowest BCUT2D eigenvalue weighted by Crippen LogP contribution is -2.44. The van der Waals surface area contributed by atoms with Crippen molar-refractivity contribution in [1.82, 2.24) is 4.90 Å². The maximum absolute atomic E-state index is 12.6. The first kappa shape index (κ1) is 18.1. The van der Waals surface area contributed by atoms with Crippen LogP contribution in [0.5, 0.6) is 0 Å². The number of ketones is 1. The van der Waals surface area contributed by atoms with E-state index in [0.717, 1.165) is 19.4 Å². The minimum atomic E-state index is -0.244. The molecular weight excluding hydrogens is 268 g/mol. The summed E-state index contributed by atoms with van der Waals surface area (Å²) in [6.07, 6.45) is 2.87. The van der Waals surface area contributed by atoms with E-state index in [-0.39, 0.29) is 28.6 Å². The average molecular weight is 298 g/mol. The number of carbonyl (C=O) groups is 2. The van der Waals surface area contributed by atoms with Crippen molar-refractivity contribution in [2.75, 3.05) is 13.2 Å². The van der Waals surface area contributed by atoms with Gasteiger partial charge in [0.25, 0.3) is 0 Å². The number of nitrogens with zero attached hydrogens (tertiary/aromatic N) is 1. The molecule has 1 unspecified atom stereocenters. The summed E-state index contributed by atoms with van der Waals surface area (Å²) in [6, 6.07) is 0.0919. The van der Waals surface area contributed by atoms with Crippen LogP contribution >= 0.6 is 0 Å². The average Bonchev–Trinajstić information content (AvgIpc) is 2.75. The number of Topliss-reactive ketones (excluding diaryl/α,β-unsaturated/α-hetero) is 1. The molecule has 0 saturated carbocycles. The van der Waals surface area contributed by atoms with E-state index in [0.29, 0.717) is 19.4 Å². The van der Waals surface area contributed by atoms with Crippen LogP contribution in [0, 0.1) is 10.8 Å². The van der Waals surface area contributed by atoms with Crippen LogP contribution in [-0.2, 0) is 14.4 Å². The standard InChI is InChI=1S/C16H30N2O3/c1-12(19)9-15(2,3)16(4,5)10-14(20)18-8-6-7-13(18)11-21-17/h13H,6-11,17H2,1-5H3. The molecule has 1 aliphatic rings. The molecule has 0 aromatic carbocycles. The van der Waals surface area contributed by atoms with Crippen LogP contribution in [0.25, 0.3) is 0 Å². The summed E-state index contributed by atoms with van der Waals surface area (Å²) in [7, 11) is 0. The van der Waals surface area contributed by atoms with Crippen molar-refractivity contribution in [2.24, 2.45) is 16.7 Å². The van der Waals surface area contributed by atoms with Crippen molar-refractivity contribution in [3.05, 3.63) is 0 Å². The van der Waals surface area contributed by atoms with E-state index < -0.39 is 0 Å². The van der Waals surface area contributed by atoms with Gasteiger partial charge >= 0.3 is 0 Å². The van der Waals surface area contributed by atoms with Gasteiger partial charge in [-0.25, -0.2) is 5.90 Å². The van der Waals surface area contributed by atoms with Gasteiger partial charge in [0.2, 0.25) is 5.91 Å². The van der Waals surface area contributed by atoms with Crippen molar-refractivity contribution >= 4 is 11.7 Å². The second-order valence-electron chi connectivity index (χ2n) is 7.54. The van der Waals surface area contributed by atoms with E-state index >= 15 is 0 Å². The zero-order valence-electron chi connectivity index (χ0n) is 14.1. The van der Waals surface area contributed by atoms with Gasteiger partial charge in [0.15, 0.2) is 0 Å². The summed E-state index contributed by atoms with van der Waals surface area (Å²) >= 11 is 0. The first-order valence-electron chi connectivity index (χ1n) is 7.71. The Kier molecular flexibility index (Phi) is 5.93. The van der Waals surface area contributed by atoms with E-state index in [2.05, 4.69) is 27.7 Å². The fourth-order valence-electron chi connectivity index (χ4n) is 3.03. The normalized spacial score (nSPS) is 19.9. The molecule has 21 heavy (non-hydrogen) atoms. The van der Waals surface area contributed by atoms with Gasteiger partial charge in [-0.15, -0.1) is 0 Å². The molecule has 122 valence electrons. The molecule has 5 nitrogen and oxygen atoms in total. The summed E-state index contributed by atoms with van der Waals surface area (Å²) in [4.78, 5) is 30.7. The Labute approximate surface area is 128 Å². The minimum absolute atomic E-state index is 0.0919. The van der Waals surface area contributed by atoms with Crippen LogP contribution in [0.4, 0.5) is 0 Å². The molecule has 0 aromatic heterocycles. The molecule has 0 spiro atoms. The summed E-state index contributed by atoms with van der Waals surface area (Å²) in [6.45, 7) is 11.0. The van der Waals surface area contributed by atoms with E-state index in [1.165, 1.54) is 0 Å². The van der Waals surface area contributed by atoms with Gasteiger partial charge in [-0.1, -0.05) is 27.7 Å². The number of amides is 1. The third-order valence-electron chi connectivity index (χ3n) is 5.10. The highest BCUT2D eigenvalue weighted by Crippen LogP contribution is 2.44. The molecule has 1 atom stereocenters. The Bertz CT molecular complexity index is 391. The molecule has 0 radical (unpaired) electrons. The minimum Gasteiger partial charge on any atom is -0.337 e. The number of hydrogen-bond acceptors (Lipinski definition) is 4. The first-order valence-corrected chi connectivity index (χ1v) is 7.71. The quantitative estimate of drug-likeness (QED) is 0.732. The maximum Gasteiger partial charge on any atom is 0.223 e. The molecule has 1 aliphatic heterocycles. The van der Waals surface area contributed by atoms with Crippen molar-refractivity contribution in [3.8, 4) is 0 Å². The second-order valence-corrected chi connectivity index (χ2v) is 7.54. The fraction of sp³-hybridized carbons (Fsp3) is 0.875. The zero-order valence-corrected chi connectivity index (χ0v) is 14.1. The molecular formula is C16H30N2O3. The Morgan fingerprint density at radius 2 is 1.76 bits per heavy atom. The topological polar surface area (TPSA) is 72.6 Å². The van der Waals surface area contributed by atoms with E-state index in [1.807, 2.05) is 4.90 Å². The maximum atomic E-state index is 12.6. The highest BCUT2D eigenvalue weighted by molar-refractivity contribution is 5.79. The fourth-order valence-corrected chi connectivity index (χ4v) is 3.03. The molecule has 1 saturated heterocycles. The lowest BCUT2D eigenvalue weighted by Gasteiger charge is -2.42. The Morgan fingerprint density at radius 3 is 2.29 bits per heavy atom. The van der Waals surface area contributed by atoms with Gasteiger partial charge in [0.05, 0.1) is 12.6 Å². The molecule has 1 fully saturated rings. The summed E-state index contributed by atoms with van der Waals surface area (Å²) in [5.74, 6) is 5.44. The highest BCUT2D eigenvalue weighted by Gasteiger charge is 2.41. The Morgan fingerprint density at radius 1 is 1.19 bits per heavy atom. The smallest absolute Gasteiger partial charge is 0.223 e. The monoisotopic (exact) mass is 298 g/mol. The predicted molar refractivity (Wildman–Crippen MR) is 82.4 cm³/mol. The lowest BCUT2D eigenvalue weighted by molar-refractivity contribution is -0.138. The predicted octanol–water partition coefficient (Wildman–Crippen LogP) is 2.29. The third-order valence-corrected chi connectivity index (χ3v) is 5.10. The first-order chi connectivity index (χ1) is 9.60. The summed E-state index contributed by atoms with van der Waals surface area (Å²) < 4.78 is 0. The van der Waals surface area contributed by atoms with Crippen molar-refractivity contribution in [1.29, 1.82) is 0 Å². The number of nitrogens with two attached hydrogens (primary N) is 1. The van der Waals surface area contributed by atoms with E-state index in [9.17, 15) is 9.59 Å². The van der Waals surface area contributed by atoms with E-state index in [1.54, 1.807) is 6.92 Å². The van der Waals surface area contributed by atoms with Crippen LogP contribution < -0.4 is 5.90 Å². The number of rotatable bonds is 7. The SMILES string of the molecule is CC(=O)CC(C)(C)C(C)(C)CC(=O)N1CCCC1CON. The lowest BCUT2D eigenvalue weighted by atomic mass is 9.63. The van der Waals surface area contributed by atoms with Crippen LogP contribution in [0.15, 0.2) is 0 Å². The second kappa shape index (κ2) is 6.88. The van der Waals surface area contributed by atoms with Gasteiger partial charge in [0.1, 0.15) is 5.78 Å². The Balaban J connectivity index is 2.73. The molecule has 5 heteroatoms. The van der Waals surface area contributed by atoms with Gasteiger partial charge < -0.3 is 14.5 Å². The van der Waals surface area contributed by atoms with Gasteiger partial charge in [-0.05, 0) is 30.6 Å². The van der Waals surface area contributed by atoms with Crippen LogP contribution in [0.2, 0.25) is 0 Å². The number of carbonyl (C=O) groups excluding carboxylic acids is 2. The Hall–Kier alpha value is -0.940. The van der Waals surface area contributed by atoms with Gasteiger partial charge in [0, 0.05) is 19.4 Å². The molecule has 1 heterocycles. The molecule has 2 N–H and O–H groups in total. The molecule has 0 aromatic rings. The van der Waals surface area contributed by atoms with Crippen LogP contribution in [0.3, 0.4) is 0 Å². The van der Waals surface area contributed by atoms with Gasteiger partial charge in [-0.2, -0.15) is 0 Å². The highest BCUT2D eigenvalue weighted by atomic mass is 16.6. The molecule has 1 amide bonds. The number of likely N-dealkylation sites (tertiary alicyclic amines) is 1. The largest absolute Gasteiger partial charge is 0.337 e. The van der Waals surface area contributed by atoms with E-state index in [4.69, 9.17) is 10.7 Å². The zero-order chi connectivity index (χ0) is 16.3. The third kappa shape index (κ3) is 4.51. The number of hydrogen-bond donors (Lipinski definition) is 1. The van der Waals surface area contributed by atoms with Crippen molar-refractivity contribution in [2.45, 2.75) is 66.3 Å². The van der Waals surface area contributed by atoms with Crippen LogP contribution in [0.1, 0.15) is 60.3 Å². The molecule has 0 bridgehead atoms. The van der Waals surface area contributed by atoms with Crippen molar-refractivity contribution in [3.63, 3.8) is 0 Å². The molecule has 0 aliphatic carbocycles. The summed E-state index contributed by atoms with van der Waals surface area (Å²) in [5.41, 5.74) is -0.458. The van der Waals surface area contributed by atoms with Crippen molar-refractivity contribution < 1.29 is 14.4 Å².